The maximum absolute atomic E-state index is 12.8. The molecule has 5 heteroatoms. The molecule has 2 aromatic rings. The van der Waals surface area contributed by atoms with Gasteiger partial charge in [-0.3, -0.25) is 9.69 Å². The lowest BCUT2D eigenvalue weighted by Gasteiger charge is -2.24. The number of carbonyl (C=O) groups excluding carboxylic acids is 2. The fraction of sp³-hybridized carbons (Fsp3) is 0.333. The van der Waals surface area contributed by atoms with Crippen LogP contribution < -0.4 is 10.1 Å². The molecule has 1 aliphatic rings. The van der Waals surface area contributed by atoms with Gasteiger partial charge in [-0.05, 0) is 42.5 Å². The standard InChI is InChI=1S/C21H24N2O3/c1-15(2)17-11-6-7-12-18(17)22-20(24)19-13-8-14-23(19)21(25)26-16-9-4-3-5-10-16/h3-7,9-12,15,19H,8,13-14H2,1-2H3,(H,22,24). The van der Waals surface area contributed by atoms with Crippen LogP contribution in [0.4, 0.5) is 10.5 Å². The Morgan fingerprint density at radius 1 is 1.08 bits per heavy atom. The van der Waals surface area contributed by atoms with Crippen molar-refractivity contribution in [1.82, 2.24) is 4.90 Å². The highest BCUT2D eigenvalue weighted by molar-refractivity contribution is 5.97. The van der Waals surface area contributed by atoms with Crippen molar-refractivity contribution >= 4 is 17.7 Å². The molecule has 136 valence electrons. The number of ether oxygens (including phenoxy) is 1. The maximum Gasteiger partial charge on any atom is 0.415 e. The number of anilines is 1. The van der Waals surface area contributed by atoms with E-state index in [-0.39, 0.29) is 5.91 Å². The quantitative estimate of drug-likeness (QED) is 0.886. The Hall–Kier alpha value is -2.82. The highest BCUT2D eigenvalue weighted by atomic mass is 16.6. The van der Waals surface area contributed by atoms with Crippen LogP contribution in [-0.2, 0) is 4.79 Å². The molecule has 5 nitrogen and oxygen atoms in total. The molecule has 26 heavy (non-hydrogen) atoms. The number of benzene rings is 2. The Balaban J connectivity index is 1.70. The summed E-state index contributed by atoms with van der Waals surface area (Å²) < 4.78 is 5.40. The van der Waals surface area contributed by atoms with Crippen molar-refractivity contribution in [3.63, 3.8) is 0 Å². The van der Waals surface area contributed by atoms with E-state index in [1.54, 1.807) is 24.3 Å². The molecule has 0 saturated carbocycles. The van der Waals surface area contributed by atoms with Crippen molar-refractivity contribution in [1.29, 1.82) is 0 Å². The minimum atomic E-state index is -0.508. The van der Waals surface area contributed by atoms with Crippen LogP contribution >= 0.6 is 0 Å². The van der Waals surface area contributed by atoms with Gasteiger partial charge in [-0.1, -0.05) is 50.2 Å². The van der Waals surface area contributed by atoms with E-state index in [0.717, 1.165) is 17.7 Å². The van der Waals surface area contributed by atoms with Crippen molar-refractivity contribution in [2.75, 3.05) is 11.9 Å². The first-order valence-corrected chi connectivity index (χ1v) is 8.99. The van der Waals surface area contributed by atoms with E-state index in [1.807, 2.05) is 30.3 Å². The number of para-hydroxylation sites is 2. The zero-order valence-electron chi connectivity index (χ0n) is 15.1. The second kappa shape index (κ2) is 8.04. The Bertz CT molecular complexity index is 774. The zero-order valence-corrected chi connectivity index (χ0v) is 15.1. The molecule has 2 amide bonds. The molecule has 0 aliphatic carbocycles. The van der Waals surface area contributed by atoms with Gasteiger partial charge < -0.3 is 10.1 Å². The number of likely N-dealkylation sites (tertiary alicyclic amines) is 1. The second-order valence-electron chi connectivity index (χ2n) is 6.76. The lowest BCUT2D eigenvalue weighted by Crippen LogP contribution is -2.44. The molecule has 1 N–H and O–H groups in total. The molecular weight excluding hydrogens is 328 g/mol. The summed E-state index contributed by atoms with van der Waals surface area (Å²) in [6.07, 6.45) is 0.943. The molecule has 1 fully saturated rings. The molecule has 1 atom stereocenters. The Morgan fingerprint density at radius 2 is 1.77 bits per heavy atom. The van der Waals surface area contributed by atoms with Gasteiger partial charge in [-0.25, -0.2) is 4.79 Å². The van der Waals surface area contributed by atoms with Gasteiger partial charge in [0.25, 0.3) is 0 Å². The third-order valence-electron chi connectivity index (χ3n) is 4.58. The van der Waals surface area contributed by atoms with Gasteiger partial charge in [0.1, 0.15) is 11.8 Å². The first-order chi connectivity index (χ1) is 12.6. The minimum Gasteiger partial charge on any atom is -0.410 e. The molecule has 0 bridgehead atoms. The average Bonchev–Trinajstić information content (AvgIpc) is 3.13. The van der Waals surface area contributed by atoms with E-state index in [9.17, 15) is 9.59 Å². The van der Waals surface area contributed by atoms with Crippen LogP contribution in [0.3, 0.4) is 0 Å². The third kappa shape index (κ3) is 4.04. The fourth-order valence-corrected chi connectivity index (χ4v) is 3.24. The van der Waals surface area contributed by atoms with Gasteiger partial charge in [-0.2, -0.15) is 0 Å². The molecule has 1 saturated heterocycles. The Labute approximate surface area is 154 Å². The summed E-state index contributed by atoms with van der Waals surface area (Å²) in [7, 11) is 0. The predicted octanol–water partition coefficient (Wildman–Crippen LogP) is 4.41. The van der Waals surface area contributed by atoms with Gasteiger partial charge in [0.2, 0.25) is 5.91 Å². The predicted molar refractivity (Wildman–Crippen MR) is 101 cm³/mol. The van der Waals surface area contributed by atoms with E-state index in [0.29, 0.717) is 24.6 Å². The monoisotopic (exact) mass is 352 g/mol. The highest BCUT2D eigenvalue weighted by Crippen LogP contribution is 2.26. The summed E-state index contributed by atoms with van der Waals surface area (Å²) in [5, 5.41) is 2.99. The topological polar surface area (TPSA) is 58.6 Å². The van der Waals surface area contributed by atoms with E-state index < -0.39 is 12.1 Å². The van der Waals surface area contributed by atoms with Crippen molar-refractivity contribution in [3.05, 3.63) is 60.2 Å². The molecular formula is C21H24N2O3. The summed E-state index contributed by atoms with van der Waals surface area (Å²) in [6, 6.07) is 16.2. The van der Waals surface area contributed by atoms with E-state index in [4.69, 9.17) is 4.74 Å². The number of nitrogens with one attached hydrogen (secondary N) is 1. The number of amides is 2. The lowest BCUT2D eigenvalue weighted by atomic mass is 10.0. The lowest BCUT2D eigenvalue weighted by molar-refractivity contribution is -0.119. The van der Waals surface area contributed by atoms with Gasteiger partial charge in [0.15, 0.2) is 0 Å². The molecule has 1 aliphatic heterocycles. The maximum atomic E-state index is 12.8. The van der Waals surface area contributed by atoms with E-state index in [1.165, 1.54) is 4.90 Å². The molecule has 0 spiro atoms. The first kappa shape index (κ1) is 18.0. The molecule has 0 radical (unpaired) electrons. The number of carbonyl (C=O) groups is 2. The van der Waals surface area contributed by atoms with E-state index in [2.05, 4.69) is 19.2 Å². The SMILES string of the molecule is CC(C)c1ccccc1NC(=O)C1CCCN1C(=O)Oc1ccccc1. The summed E-state index contributed by atoms with van der Waals surface area (Å²) >= 11 is 0. The summed E-state index contributed by atoms with van der Waals surface area (Å²) in [5.41, 5.74) is 1.88. The fourth-order valence-electron chi connectivity index (χ4n) is 3.24. The van der Waals surface area contributed by atoms with Gasteiger partial charge >= 0.3 is 6.09 Å². The van der Waals surface area contributed by atoms with Crippen molar-refractivity contribution < 1.29 is 14.3 Å². The van der Waals surface area contributed by atoms with Crippen molar-refractivity contribution in [3.8, 4) is 5.75 Å². The van der Waals surface area contributed by atoms with Gasteiger partial charge in [0.05, 0.1) is 0 Å². The summed E-state index contributed by atoms with van der Waals surface area (Å²) in [5.74, 6) is 0.614. The van der Waals surface area contributed by atoms with Crippen LogP contribution in [0.15, 0.2) is 54.6 Å². The van der Waals surface area contributed by atoms with Crippen LogP contribution in [0.2, 0.25) is 0 Å². The van der Waals surface area contributed by atoms with Gasteiger partial charge in [0, 0.05) is 12.2 Å². The largest absolute Gasteiger partial charge is 0.415 e. The molecule has 3 rings (SSSR count). The molecule has 0 aromatic heterocycles. The van der Waals surface area contributed by atoms with Crippen molar-refractivity contribution in [2.45, 2.75) is 38.6 Å². The molecule has 2 aromatic carbocycles. The van der Waals surface area contributed by atoms with E-state index >= 15 is 0 Å². The summed E-state index contributed by atoms with van der Waals surface area (Å²) in [4.78, 5) is 26.8. The normalized spacial score (nSPS) is 16.6. The number of hydrogen-bond donors (Lipinski definition) is 1. The Morgan fingerprint density at radius 3 is 2.50 bits per heavy atom. The third-order valence-corrected chi connectivity index (χ3v) is 4.58. The van der Waals surface area contributed by atoms with Crippen LogP contribution in [0.5, 0.6) is 5.75 Å². The second-order valence-corrected chi connectivity index (χ2v) is 6.76. The minimum absolute atomic E-state index is 0.166. The number of nitrogens with zero attached hydrogens (tertiary/aromatic N) is 1. The molecule has 1 heterocycles. The van der Waals surface area contributed by atoms with Crippen LogP contribution in [0, 0.1) is 0 Å². The average molecular weight is 352 g/mol. The van der Waals surface area contributed by atoms with Crippen LogP contribution in [0.1, 0.15) is 38.2 Å². The summed E-state index contributed by atoms with van der Waals surface area (Å²) in [6.45, 7) is 4.70. The zero-order chi connectivity index (χ0) is 18.5. The first-order valence-electron chi connectivity index (χ1n) is 8.99. The number of hydrogen-bond acceptors (Lipinski definition) is 3. The smallest absolute Gasteiger partial charge is 0.410 e. The molecule has 1 unspecified atom stereocenters. The van der Waals surface area contributed by atoms with Crippen LogP contribution in [-0.4, -0.2) is 29.5 Å². The van der Waals surface area contributed by atoms with Crippen LogP contribution in [0.25, 0.3) is 0 Å². The van der Waals surface area contributed by atoms with Gasteiger partial charge in [-0.15, -0.1) is 0 Å². The Kier molecular flexibility index (Phi) is 5.56. The number of rotatable bonds is 4. The highest BCUT2D eigenvalue weighted by Gasteiger charge is 2.35. The van der Waals surface area contributed by atoms with Crippen molar-refractivity contribution in [2.24, 2.45) is 0 Å².